The minimum absolute atomic E-state index is 0.384. The van der Waals surface area contributed by atoms with Crippen molar-refractivity contribution in [3.05, 3.63) is 12.7 Å². The lowest BCUT2D eigenvalue weighted by atomic mass is 10.0. The van der Waals surface area contributed by atoms with Crippen molar-refractivity contribution in [1.82, 2.24) is 4.90 Å². The first-order chi connectivity index (χ1) is 6.31. The summed E-state index contributed by atoms with van der Waals surface area (Å²) in [7, 11) is 2.17. The van der Waals surface area contributed by atoms with Gasteiger partial charge in [0.25, 0.3) is 0 Å². The highest BCUT2D eigenvalue weighted by atomic mass is 16.1. The van der Waals surface area contributed by atoms with Crippen molar-refractivity contribution in [3.63, 3.8) is 0 Å². The zero-order chi connectivity index (χ0) is 11.8. The van der Waals surface area contributed by atoms with Crippen LogP contribution in [0.15, 0.2) is 12.7 Å². The molecule has 0 aromatic carbocycles. The van der Waals surface area contributed by atoms with Crippen molar-refractivity contribution in [2.75, 3.05) is 13.6 Å². The molecule has 0 fully saturated rings. The van der Waals surface area contributed by atoms with E-state index in [4.69, 9.17) is 0 Å². The highest BCUT2D eigenvalue weighted by Gasteiger charge is 2.18. The average molecular weight is 200 g/mol. The molecule has 0 aliphatic heterocycles. The van der Waals surface area contributed by atoms with Gasteiger partial charge < -0.3 is 10.6 Å². The van der Waals surface area contributed by atoms with Gasteiger partial charge in [0, 0.05) is 5.54 Å². The largest absolute Gasteiger partial charge is 0.366 e. The van der Waals surface area contributed by atoms with E-state index >= 15 is 0 Å². The van der Waals surface area contributed by atoms with Gasteiger partial charge in [-0.1, -0.05) is 20.4 Å². The number of nitrogens with two attached hydrogens (primary N) is 1. The maximum atomic E-state index is 9.47. The molecule has 0 radical (unpaired) electrons. The predicted molar refractivity (Wildman–Crippen MR) is 62.1 cm³/mol. The molecule has 0 spiro atoms. The monoisotopic (exact) mass is 200 g/mol. The molecule has 84 valence electrons. The number of rotatable bonds is 4. The lowest BCUT2D eigenvalue weighted by molar-refractivity contribution is -0.113. The lowest BCUT2D eigenvalue weighted by Gasteiger charge is -2.33. The standard InChI is InChI=1S/C8H19N.C3H5NO/c1-6-8(3,4)9(5)7-2;1-2-3(4)5/h6-7H2,1-5H3;2H,1H2,(H2,4,5). The molecule has 2 N–H and O–H groups in total. The number of nitrogens with zero attached hydrogens (tertiary/aromatic N) is 1. The molecule has 0 aromatic heterocycles. The van der Waals surface area contributed by atoms with Crippen LogP contribution in [0.2, 0.25) is 0 Å². The maximum Gasteiger partial charge on any atom is 0.240 e. The number of carbonyl (C=O) groups is 1. The van der Waals surface area contributed by atoms with E-state index in [1.54, 1.807) is 0 Å². The Morgan fingerprint density at radius 3 is 1.93 bits per heavy atom. The lowest BCUT2D eigenvalue weighted by Crippen LogP contribution is -2.40. The Hall–Kier alpha value is -0.830. The SMILES string of the molecule is C=CC(N)=O.CCN(C)C(C)(C)CC. The topological polar surface area (TPSA) is 46.3 Å². The van der Waals surface area contributed by atoms with Gasteiger partial charge in [0.2, 0.25) is 5.91 Å². The van der Waals surface area contributed by atoms with Crippen molar-refractivity contribution in [2.24, 2.45) is 5.73 Å². The molecule has 3 nitrogen and oxygen atoms in total. The van der Waals surface area contributed by atoms with Crippen molar-refractivity contribution in [3.8, 4) is 0 Å². The van der Waals surface area contributed by atoms with Gasteiger partial charge in [-0.25, -0.2) is 0 Å². The van der Waals surface area contributed by atoms with Gasteiger partial charge in [-0.05, 0) is 39.9 Å². The van der Waals surface area contributed by atoms with Crippen molar-refractivity contribution in [1.29, 1.82) is 0 Å². The molecule has 0 rings (SSSR count). The third-order valence-electron chi connectivity index (χ3n) is 2.57. The molecule has 0 saturated carbocycles. The van der Waals surface area contributed by atoms with Crippen LogP contribution in [0.5, 0.6) is 0 Å². The Morgan fingerprint density at radius 1 is 1.50 bits per heavy atom. The van der Waals surface area contributed by atoms with Crippen LogP contribution in [0, 0.1) is 0 Å². The first kappa shape index (κ1) is 15.6. The summed E-state index contributed by atoms with van der Waals surface area (Å²) in [4.78, 5) is 11.8. The third kappa shape index (κ3) is 7.80. The predicted octanol–water partition coefficient (Wildman–Crippen LogP) is 1.78. The van der Waals surface area contributed by atoms with Crippen LogP contribution in [-0.4, -0.2) is 29.9 Å². The quantitative estimate of drug-likeness (QED) is 0.703. The molecule has 14 heavy (non-hydrogen) atoms. The van der Waals surface area contributed by atoms with Crippen LogP contribution < -0.4 is 5.73 Å². The van der Waals surface area contributed by atoms with Gasteiger partial charge in [0.15, 0.2) is 0 Å². The Kier molecular flexibility index (Phi) is 8.44. The molecule has 0 bridgehead atoms. The van der Waals surface area contributed by atoms with E-state index in [1.807, 2.05) is 0 Å². The van der Waals surface area contributed by atoms with Gasteiger partial charge in [-0.15, -0.1) is 0 Å². The van der Waals surface area contributed by atoms with Gasteiger partial charge in [-0.2, -0.15) is 0 Å². The molecule has 3 heteroatoms. The number of hydrogen-bond acceptors (Lipinski definition) is 2. The highest BCUT2D eigenvalue weighted by molar-refractivity contribution is 5.84. The molecular weight excluding hydrogens is 176 g/mol. The molecule has 1 amide bonds. The summed E-state index contributed by atoms with van der Waals surface area (Å²) in [6.45, 7) is 13.2. The maximum absolute atomic E-state index is 9.47. The van der Waals surface area contributed by atoms with Gasteiger partial charge >= 0.3 is 0 Å². The van der Waals surface area contributed by atoms with Crippen LogP contribution in [0.4, 0.5) is 0 Å². The summed E-state index contributed by atoms with van der Waals surface area (Å²) in [5.41, 5.74) is 4.92. The zero-order valence-electron chi connectivity index (χ0n) is 10.1. The second kappa shape index (κ2) is 7.56. The number of hydrogen-bond donors (Lipinski definition) is 1. The first-order valence-corrected chi connectivity index (χ1v) is 4.94. The summed E-state index contributed by atoms with van der Waals surface area (Å²) in [5, 5.41) is 0. The number of amides is 1. The fourth-order valence-electron chi connectivity index (χ4n) is 0.698. The summed E-state index contributed by atoms with van der Waals surface area (Å²) >= 11 is 0. The first-order valence-electron chi connectivity index (χ1n) is 4.94. The second-order valence-corrected chi connectivity index (χ2v) is 3.79. The number of carbonyl (C=O) groups excluding carboxylic acids is 1. The molecule has 0 saturated heterocycles. The molecule has 0 atom stereocenters. The van der Waals surface area contributed by atoms with Crippen LogP contribution in [0.25, 0.3) is 0 Å². The third-order valence-corrected chi connectivity index (χ3v) is 2.57. The van der Waals surface area contributed by atoms with Gasteiger partial charge in [-0.3, -0.25) is 4.79 Å². The number of primary amides is 1. The molecule has 0 unspecified atom stereocenters. The Balaban J connectivity index is 0. The van der Waals surface area contributed by atoms with Crippen molar-refractivity contribution >= 4 is 5.91 Å². The fraction of sp³-hybridized carbons (Fsp3) is 0.727. The van der Waals surface area contributed by atoms with Crippen molar-refractivity contribution in [2.45, 2.75) is 39.7 Å². The van der Waals surface area contributed by atoms with Gasteiger partial charge in [0.05, 0.1) is 0 Å². The summed E-state index contributed by atoms with van der Waals surface area (Å²) in [6.07, 6.45) is 2.28. The van der Waals surface area contributed by atoms with Crippen LogP contribution >= 0.6 is 0 Å². The summed E-state index contributed by atoms with van der Waals surface area (Å²) in [5.74, 6) is -0.481. The normalized spacial score (nSPS) is 10.4. The Morgan fingerprint density at radius 2 is 1.86 bits per heavy atom. The fourth-order valence-corrected chi connectivity index (χ4v) is 0.698. The minimum atomic E-state index is -0.481. The van der Waals surface area contributed by atoms with E-state index in [9.17, 15) is 4.79 Å². The van der Waals surface area contributed by atoms with E-state index in [-0.39, 0.29) is 0 Å². The van der Waals surface area contributed by atoms with E-state index in [1.165, 1.54) is 6.42 Å². The highest BCUT2D eigenvalue weighted by Crippen LogP contribution is 2.14. The second-order valence-electron chi connectivity index (χ2n) is 3.79. The van der Waals surface area contributed by atoms with E-state index in [2.05, 4.69) is 52.0 Å². The molecule has 0 heterocycles. The zero-order valence-corrected chi connectivity index (χ0v) is 10.1. The molecule has 0 aliphatic rings. The van der Waals surface area contributed by atoms with E-state index in [0.29, 0.717) is 5.54 Å². The summed E-state index contributed by atoms with van der Waals surface area (Å²) < 4.78 is 0. The van der Waals surface area contributed by atoms with Crippen molar-refractivity contribution < 1.29 is 4.79 Å². The van der Waals surface area contributed by atoms with Gasteiger partial charge in [0.1, 0.15) is 0 Å². The van der Waals surface area contributed by atoms with E-state index < -0.39 is 5.91 Å². The minimum Gasteiger partial charge on any atom is -0.366 e. The van der Waals surface area contributed by atoms with E-state index in [0.717, 1.165) is 12.6 Å². The molecule has 0 aromatic rings. The Bertz CT molecular complexity index is 176. The van der Waals surface area contributed by atoms with Crippen LogP contribution in [0.1, 0.15) is 34.1 Å². The van der Waals surface area contributed by atoms with Crippen LogP contribution in [0.3, 0.4) is 0 Å². The summed E-state index contributed by atoms with van der Waals surface area (Å²) in [6, 6.07) is 0. The molecule has 0 aliphatic carbocycles. The average Bonchev–Trinajstić information content (AvgIpc) is 2.17. The Labute approximate surface area is 88.0 Å². The smallest absolute Gasteiger partial charge is 0.240 e. The molecular formula is C11H24N2O. The van der Waals surface area contributed by atoms with Crippen LogP contribution in [-0.2, 0) is 4.79 Å².